The van der Waals surface area contributed by atoms with Crippen LogP contribution in [0.1, 0.15) is 17.0 Å². The van der Waals surface area contributed by atoms with E-state index in [1.165, 1.54) is 5.56 Å². The summed E-state index contributed by atoms with van der Waals surface area (Å²) in [6, 6.07) is 28.9. The Morgan fingerprint density at radius 1 is 0.812 bits per heavy atom. The maximum atomic E-state index is 13.8. The van der Waals surface area contributed by atoms with Crippen LogP contribution in [-0.4, -0.2) is 9.38 Å². The zero-order valence-electron chi connectivity index (χ0n) is 17.2. The predicted molar refractivity (Wildman–Crippen MR) is 131 cm³/mol. The summed E-state index contributed by atoms with van der Waals surface area (Å²) in [7, 11) is 0. The minimum Gasteiger partial charge on any atom is -0.268 e. The Morgan fingerprint density at radius 2 is 1.59 bits per heavy atom. The molecular formula is C29H18N2O. The molecule has 0 fully saturated rings. The predicted octanol–water partition coefficient (Wildman–Crippen LogP) is 5.36. The molecule has 0 aliphatic heterocycles. The molecule has 0 amide bonds. The van der Waals surface area contributed by atoms with Crippen LogP contribution in [0.3, 0.4) is 0 Å². The lowest BCUT2D eigenvalue weighted by atomic mass is 9.88. The monoisotopic (exact) mass is 410 g/mol. The number of pyridine rings is 1. The molecule has 0 radical (unpaired) electrons. The molecule has 3 heteroatoms. The highest BCUT2D eigenvalue weighted by Crippen LogP contribution is 2.32. The summed E-state index contributed by atoms with van der Waals surface area (Å²) in [5.41, 5.74) is 4.76. The van der Waals surface area contributed by atoms with Crippen molar-refractivity contribution < 1.29 is 0 Å². The molecule has 0 bridgehead atoms. The Morgan fingerprint density at radius 3 is 2.44 bits per heavy atom. The van der Waals surface area contributed by atoms with E-state index in [1.54, 1.807) is 4.40 Å². The molecule has 7 rings (SSSR count). The quantitative estimate of drug-likeness (QED) is 0.366. The van der Waals surface area contributed by atoms with Crippen LogP contribution in [0, 0.1) is 0 Å². The van der Waals surface area contributed by atoms with Gasteiger partial charge in [-0.1, -0.05) is 85.0 Å². The van der Waals surface area contributed by atoms with Gasteiger partial charge in [-0.15, -0.1) is 0 Å². The summed E-state index contributed by atoms with van der Waals surface area (Å²) in [4.78, 5) is 18.7. The average molecular weight is 410 g/mol. The van der Waals surface area contributed by atoms with Crippen molar-refractivity contribution in [1.29, 1.82) is 0 Å². The zero-order valence-corrected chi connectivity index (χ0v) is 17.2. The van der Waals surface area contributed by atoms with Gasteiger partial charge in [-0.2, -0.15) is 0 Å². The fourth-order valence-corrected chi connectivity index (χ4v) is 5.17. The number of rotatable bonds is 1. The van der Waals surface area contributed by atoms with E-state index < -0.39 is 0 Å². The van der Waals surface area contributed by atoms with Gasteiger partial charge in [0.2, 0.25) is 0 Å². The fourth-order valence-electron chi connectivity index (χ4n) is 5.17. The van der Waals surface area contributed by atoms with E-state index in [-0.39, 0.29) is 11.5 Å². The summed E-state index contributed by atoms with van der Waals surface area (Å²) in [6.07, 6.45) is 6.42. The lowest BCUT2D eigenvalue weighted by molar-refractivity contribution is 1.04. The minimum atomic E-state index is -0.0134. The van der Waals surface area contributed by atoms with Crippen LogP contribution < -0.4 is 10.8 Å². The van der Waals surface area contributed by atoms with Gasteiger partial charge in [0.15, 0.2) is 0 Å². The van der Waals surface area contributed by atoms with Crippen molar-refractivity contribution in [3.05, 3.63) is 124 Å². The molecule has 3 nitrogen and oxygen atoms in total. The van der Waals surface area contributed by atoms with Crippen molar-refractivity contribution >= 4 is 44.3 Å². The van der Waals surface area contributed by atoms with E-state index in [2.05, 4.69) is 72.8 Å². The van der Waals surface area contributed by atoms with Gasteiger partial charge in [0.05, 0.1) is 11.0 Å². The fraction of sp³-hybridized carbons (Fsp3) is 0.0345. The Balaban J connectivity index is 1.67. The summed E-state index contributed by atoms with van der Waals surface area (Å²) in [6.45, 7) is 0. The van der Waals surface area contributed by atoms with Crippen molar-refractivity contribution in [3.8, 4) is 0 Å². The first-order valence-corrected chi connectivity index (χ1v) is 10.8. The third-order valence-electron chi connectivity index (χ3n) is 6.62. The molecule has 1 aliphatic rings. The van der Waals surface area contributed by atoms with Crippen LogP contribution >= 0.6 is 0 Å². The van der Waals surface area contributed by atoms with Gasteiger partial charge < -0.3 is 0 Å². The summed E-state index contributed by atoms with van der Waals surface area (Å²) >= 11 is 0. The second kappa shape index (κ2) is 6.38. The Kier molecular flexibility index (Phi) is 3.48. The largest absolute Gasteiger partial charge is 0.268 e. The van der Waals surface area contributed by atoms with Gasteiger partial charge in [0.25, 0.3) is 5.56 Å². The smallest absolute Gasteiger partial charge is 0.264 e. The minimum absolute atomic E-state index is 0.0134. The van der Waals surface area contributed by atoms with Crippen LogP contribution in [-0.2, 0) is 0 Å². The lowest BCUT2D eigenvalue weighted by Gasteiger charge is -2.16. The lowest BCUT2D eigenvalue weighted by Crippen LogP contribution is -2.22. The molecule has 2 heterocycles. The Hall–Kier alpha value is -4.24. The van der Waals surface area contributed by atoms with Gasteiger partial charge in [-0.25, -0.2) is 4.98 Å². The van der Waals surface area contributed by atoms with E-state index in [9.17, 15) is 4.79 Å². The van der Waals surface area contributed by atoms with E-state index in [4.69, 9.17) is 4.98 Å². The zero-order chi connectivity index (χ0) is 21.2. The van der Waals surface area contributed by atoms with Crippen LogP contribution in [0.15, 0.2) is 102 Å². The molecule has 150 valence electrons. The molecule has 1 aliphatic carbocycles. The first-order valence-electron chi connectivity index (χ1n) is 10.8. The molecule has 1 unspecified atom stereocenters. The number of nitrogens with zero attached hydrogens (tertiary/aromatic N) is 2. The topological polar surface area (TPSA) is 34.4 Å². The van der Waals surface area contributed by atoms with Crippen molar-refractivity contribution in [3.63, 3.8) is 0 Å². The second-order valence-corrected chi connectivity index (χ2v) is 8.39. The maximum Gasteiger partial charge on any atom is 0.264 e. The molecular weight excluding hydrogens is 392 g/mol. The summed E-state index contributed by atoms with van der Waals surface area (Å²) in [5, 5.41) is 4.97. The van der Waals surface area contributed by atoms with E-state index >= 15 is 0 Å². The van der Waals surface area contributed by atoms with Crippen LogP contribution in [0.5, 0.6) is 0 Å². The van der Waals surface area contributed by atoms with Crippen molar-refractivity contribution in [2.45, 2.75) is 5.92 Å². The van der Waals surface area contributed by atoms with Crippen molar-refractivity contribution in [1.82, 2.24) is 9.38 Å². The van der Waals surface area contributed by atoms with Gasteiger partial charge in [0, 0.05) is 21.9 Å². The third kappa shape index (κ3) is 2.31. The second-order valence-electron chi connectivity index (χ2n) is 8.39. The van der Waals surface area contributed by atoms with E-state index in [1.807, 2.05) is 30.3 Å². The molecule has 32 heavy (non-hydrogen) atoms. The highest BCUT2D eigenvalue weighted by Gasteiger charge is 2.21. The first kappa shape index (κ1) is 17.4. The number of allylic oxidation sites excluding steroid dienone is 2. The van der Waals surface area contributed by atoms with E-state index in [0.717, 1.165) is 49.0 Å². The van der Waals surface area contributed by atoms with Crippen LogP contribution in [0.4, 0.5) is 0 Å². The highest BCUT2D eigenvalue weighted by atomic mass is 16.1. The molecule has 0 N–H and O–H groups in total. The first-order chi connectivity index (χ1) is 15.8. The third-order valence-corrected chi connectivity index (χ3v) is 6.62. The number of hydrogen-bond acceptors (Lipinski definition) is 2. The summed E-state index contributed by atoms with van der Waals surface area (Å²) < 4.78 is 1.79. The van der Waals surface area contributed by atoms with Crippen molar-refractivity contribution in [2.24, 2.45) is 0 Å². The van der Waals surface area contributed by atoms with Gasteiger partial charge >= 0.3 is 0 Å². The molecule has 2 aromatic heterocycles. The number of hydrogen-bond donors (Lipinski definition) is 0. The van der Waals surface area contributed by atoms with Crippen LogP contribution in [0.25, 0.3) is 44.3 Å². The van der Waals surface area contributed by atoms with Crippen LogP contribution in [0.2, 0.25) is 0 Å². The molecule has 0 saturated heterocycles. The Labute approximate surface area is 183 Å². The van der Waals surface area contributed by atoms with Gasteiger partial charge in [-0.05, 0) is 40.1 Å². The molecule has 4 aromatic carbocycles. The standard InChI is InChI=1S/C29H18N2O/c32-29-24-15-7-13-22-21(18-8-2-1-3-9-18)12-6-14-23(27(22)24)28-30-25-16-19-10-4-5-11-20(19)17-26(25)31(28)29/h1-17,21H. The molecule has 0 spiro atoms. The Bertz CT molecular complexity index is 1850. The average Bonchev–Trinajstić information content (AvgIpc) is 3.09. The number of aromatic nitrogens is 2. The van der Waals surface area contributed by atoms with Gasteiger partial charge in [-0.3, -0.25) is 9.20 Å². The molecule has 1 atom stereocenters. The number of benzene rings is 4. The molecule has 6 aromatic rings. The van der Waals surface area contributed by atoms with Crippen molar-refractivity contribution in [2.75, 3.05) is 0 Å². The van der Waals surface area contributed by atoms with E-state index in [0.29, 0.717) is 0 Å². The number of imidazole rings is 1. The normalized spacial score (nSPS) is 15.4. The number of fused-ring (bicyclic) bond motifs is 5. The van der Waals surface area contributed by atoms with Gasteiger partial charge in [0.1, 0.15) is 5.65 Å². The highest BCUT2D eigenvalue weighted by molar-refractivity contribution is 5.99. The SMILES string of the molecule is O=c1c2cccc3c2c(c2nc4cc5ccccc5cc4n12)=CC=CC3c1ccccc1. The molecule has 0 saturated carbocycles. The summed E-state index contributed by atoms with van der Waals surface area (Å²) in [5.74, 6) is 0.0891. The maximum absolute atomic E-state index is 13.8.